The number of carbonyl (C=O) groups is 1. The molecule has 16 heavy (non-hydrogen) atoms. The third-order valence-electron chi connectivity index (χ3n) is 1.50. The number of pyridine rings is 1. The second kappa shape index (κ2) is 7.46. The van der Waals surface area contributed by atoms with Gasteiger partial charge in [0.2, 0.25) is 0 Å². The number of rotatable bonds is 3. The van der Waals surface area contributed by atoms with Gasteiger partial charge < -0.3 is 20.4 Å². The molecule has 0 spiro atoms. The normalized spacial score (nSPS) is 8.81. The molecule has 0 saturated heterocycles. The van der Waals surface area contributed by atoms with Gasteiger partial charge in [-0.1, -0.05) is 0 Å². The summed E-state index contributed by atoms with van der Waals surface area (Å²) >= 11 is 4.06. The van der Waals surface area contributed by atoms with Gasteiger partial charge in [-0.3, -0.25) is 0 Å². The third kappa shape index (κ3) is 6.60. The van der Waals surface area contributed by atoms with Crippen LogP contribution in [0.15, 0.2) is 24.5 Å². The van der Waals surface area contributed by atoms with Crippen molar-refractivity contribution in [3.63, 3.8) is 0 Å². The number of nitrogens with zero attached hydrogens (tertiary/aromatic N) is 2. The van der Waals surface area contributed by atoms with E-state index in [9.17, 15) is 4.79 Å². The summed E-state index contributed by atoms with van der Waals surface area (Å²) < 4.78 is 1.89. The predicted molar refractivity (Wildman–Crippen MR) is 57.8 cm³/mol. The van der Waals surface area contributed by atoms with E-state index in [1.54, 1.807) is 24.5 Å². The van der Waals surface area contributed by atoms with E-state index in [0.717, 1.165) is 12.3 Å². The SMILES string of the molecule is O=C(O)c1cc[n+](CCS)cc1.O=[N+]([O-])[O-]. The van der Waals surface area contributed by atoms with Crippen molar-refractivity contribution in [3.8, 4) is 0 Å². The topological polar surface area (TPSA) is 107 Å². The van der Waals surface area contributed by atoms with Crippen LogP contribution < -0.4 is 4.57 Å². The summed E-state index contributed by atoms with van der Waals surface area (Å²) in [5, 5.41) is 23.3. The summed E-state index contributed by atoms with van der Waals surface area (Å²) in [6, 6.07) is 3.15. The van der Waals surface area contributed by atoms with E-state index in [0.29, 0.717) is 5.56 Å². The highest BCUT2D eigenvalue weighted by Crippen LogP contribution is 1.93. The van der Waals surface area contributed by atoms with Crippen molar-refractivity contribution in [2.75, 3.05) is 5.75 Å². The molecule has 8 heteroatoms. The zero-order valence-corrected chi connectivity index (χ0v) is 9.04. The van der Waals surface area contributed by atoms with Gasteiger partial charge in [0.1, 0.15) is 0 Å². The van der Waals surface area contributed by atoms with Crippen LogP contribution in [0.2, 0.25) is 0 Å². The highest BCUT2D eigenvalue weighted by atomic mass is 32.1. The summed E-state index contributed by atoms with van der Waals surface area (Å²) in [5.41, 5.74) is 0.311. The minimum absolute atomic E-state index is 0.311. The Bertz CT molecular complexity index is 350. The first-order chi connectivity index (χ1) is 7.47. The molecule has 0 saturated carbocycles. The van der Waals surface area contributed by atoms with Gasteiger partial charge in [0.25, 0.3) is 0 Å². The monoisotopic (exact) mass is 246 g/mol. The average molecular weight is 246 g/mol. The van der Waals surface area contributed by atoms with Crippen LogP contribution in [0, 0.1) is 15.3 Å². The van der Waals surface area contributed by atoms with Crippen LogP contribution in [0.5, 0.6) is 0 Å². The van der Waals surface area contributed by atoms with E-state index in [-0.39, 0.29) is 0 Å². The highest BCUT2D eigenvalue weighted by Gasteiger charge is 2.04. The van der Waals surface area contributed by atoms with Crippen LogP contribution in [0.3, 0.4) is 0 Å². The number of hydrogen-bond acceptors (Lipinski definition) is 5. The fourth-order valence-electron chi connectivity index (χ4n) is 0.864. The predicted octanol–water partition coefficient (Wildman–Crippen LogP) is 0.363. The molecule has 0 atom stereocenters. The van der Waals surface area contributed by atoms with E-state index >= 15 is 0 Å². The summed E-state index contributed by atoms with van der Waals surface area (Å²) in [4.78, 5) is 18.7. The zero-order chi connectivity index (χ0) is 12.6. The smallest absolute Gasteiger partial charge is 0.336 e. The molecule has 1 N–H and O–H groups in total. The molecular weight excluding hydrogens is 236 g/mol. The van der Waals surface area contributed by atoms with Crippen LogP contribution in [-0.2, 0) is 6.54 Å². The van der Waals surface area contributed by atoms with Crippen LogP contribution >= 0.6 is 12.6 Å². The minimum atomic E-state index is -1.75. The quantitative estimate of drug-likeness (QED) is 0.346. The fourth-order valence-corrected chi connectivity index (χ4v) is 1.10. The van der Waals surface area contributed by atoms with Crippen molar-refractivity contribution in [1.82, 2.24) is 0 Å². The number of hydrogen-bond donors (Lipinski definition) is 2. The Labute approximate surface area is 96.5 Å². The lowest BCUT2D eigenvalue weighted by atomic mass is 10.3. The van der Waals surface area contributed by atoms with Crippen molar-refractivity contribution < 1.29 is 19.6 Å². The van der Waals surface area contributed by atoms with Crippen molar-refractivity contribution in [3.05, 3.63) is 45.4 Å². The highest BCUT2D eigenvalue weighted by molar-refractivity contribution is 7.80. The molecule has 88 valence electrons. The van der Waals surface area contributed by atoms with E-state index in [1.807, 2.05) is 4.57 Å². The molecule has 1 heterocycles. The maximum absolute atomic E-state index is 10.4. The third-order valence-corrected chi connectivity index (χ3v) is 1.70. The number of thiol groups is 1. The summed E-state index contributed by atoms with van der Waals surface area (Å²) in [6.07, 6.45) is 3.47. The van der Waals surface area contributed by atoms with Crippen molar-refractivity contribution in [2.24, 2.45) is 0 Å². The molecule has 0 bridgehead atoms. The Morgan fingerprint density at radius 3 is 2.19 bits per heavy atom. The molecule has 1 aromatic rings. The molecule has 0 radical (unpaired) electrons. The summed E-state index contributed by atoms with van der Waals surface area (Å²) in [6.45, 7) is 0.795. The molecule has 0 fully saturated rings. The lowest BCUT2D eigenvalue weighted by Gasteiger charge is -1.93. The fraction of sp³-hybridized carbons (Fsp3) is 0.250. The number of carboxylic acids is 1. The minimum Gasteiger partial charge on any atom is -0.478 e. The Balaban J connectivity index is 0.000000487. The summed E-state index contributed by atoms with van der Waals surface area (Å²) in [7, 11) is 0. The number of aromatic nitrogens is 1. The lowest BCUT2D eigenvalue weighted by Crippen LogP contribution is -2.33. The van der Waals surface area contributed by atoms with Gasteiger partial charge >= 0.3 is 5.97 Å². The van der Waals surface area contributed by atoms with Gasteiger partial charge in [-0.15, -0.1) is 0 Å². The number of aromatic carboxylic acids is 1. The summed E-state index contributed by atoms with van der Waals surface area (Å²) in [5.74, 6) is -0.148. The molecule has 7 nitrogen and oxygen atoms in total. The first kappa shape index (κ1) is 14.2. The van der Waals surface area contributed by atoms with Gasteiger partial charge in [0, 0.05) is 17.9 Å². The Kier molecular flexibility index (Phi) is 6.61. The van der Waals surface area contributed by atoms with E-state index in [4.69, 9.17) is 20.4 Å². The zero-order valence-electron chi connectivity index (χ0n) is 8.15. The van der Waals surface area contributed by atoms with Crippen LogP contribution in [0.25, 0.3) is 0 Å². The number of carboxylic acid groups (broad SMARTS) is 1. The van der Waals surface area contributed by atoms with E-state index in [2.05, 4.69) is 12.6 Å². The molecule has 0 aliphatic rings. The number of aryl methyl sites for hydroxylation is 1. The largest absolute Gasteiger partial charge is 0.478 e. The van der Waals surface area contributed by atoms with Gasteiger partial charge in [0.05, 0.1) is 10.7 Å². The van der Waals surface area contributed by atoms with Gasteiger partial charge in [-0.2, -0.15) is 12.6 Å². The Hall–Kier alpha value is -1.83. The average Bonchev–Trinajstić information content (AvgIpc) is 2.18. The molecule has 0 aliphatic heterocycles. The second-order valence-electron chi connectivity index (χ2n) is 2.58. The lowest BCUT2D eigenvalue weighted by molar-refractivity contribution is -0.692. The molecule has 0 unspecified atom stereocenters. The first-order valence-electron chi connectivity index (χ1n) is 4.12. The molecular formula is C8H10N2O5S. The van der Waals surface area contributed by atoms with Crippen LogP contribution in [-0.4, -0.2) is 21.9 Å². The first-order valence-corrected chi connectivity index (χ1v) is 4.75. The van der Waals surface area contributed by atoms with Crippen LogP contribution in [0.1, 0.15) is 10.4 Å². The molecule has 1 rings (SSSR count). The molecule has 0 aromatic carbocycles. The maximum atomic E-state index is 10.4. The standard InChI is InChI=1S/C8H9NO2S.NO3/c10-8(11)7-1-3-9(4-2-7)5-6-12;2-1(3)4/h1-4H,5-6H2,(H-,10,11,12);/q;-1/p+1. The molecule has 0 aliphatic carbocycles. The molecule has 0 amide bonds. The van der Waals surface area contributed by atoms with E-state index < -0.39 is 11.1 Å². The van der Waals surface area contributed by atoms with E-state index in [1.165, 1.54) is 0 Å². The van der Waals surface area contributed by atoms with Crippen molar-refractivity contribution in [1.29, 1.82) is 0 Å². The Morgan fingerprint density at radius 1 is 1.44 bits per heavy atom. The van der Waals surface area contributed by atoms with Gasteiger partial charge in [0.15, 0.2) is 18.9 Å². The maximum Gasteiger partial charge on any atom is 0.336 e. The van der Waals surface area contributed by atoms with Crippen LogP contribution in [0.4, 0.5) is 0 Å². The van der Waals surface area contributed by atoms with Crippen molar-refractivity contribution >= 4 is 18.6 Å². The van der Waals surface area contributed by atoms with Crippen molar-refractivity contribution in [2.45, 2.75) is 6.54 Å². The second-order valence-corrected chi connectivity index (χ2v) is 3.02. The van der Waals surface area contributed by atoms with Gasteiger partial charge in [-0.25, -0.2) is 9.36 Å². The Morgan fingerprint density at radius 2 is 1.88 bits per heavy atom. The van der Waals surface area contributed by atoms with Gasteiger partial charge in [-0.05, 0) is 0 Å². The molecule has 1 aromatic heterocycles.